The van der Waals surface area contributed by atoms with Gasteiger partial charge in [-0.3, -0.25) is 0 Å². The number of nitrogens with zero attached hydrogens (tertiary/aromatic N) is 3. The Morgan fingerprint density at radius 1 is 1.40 bits per heavy atom. The standard InChI is InChI=1S/C10H11ClN4/c11-9-1-2-10(8(5-9)3-4-12)15-7-13-6-14-15/h1-2,5-7H,3-4,12H2. The molecule has 0 saturated heterocycles. The van der Waals surface area contributed by atoms with Crippen LogP contribution in [0.3, 0.4) is 0 Å². The van der Waals surface area contributed by atoms with Gasteiger partial charge in [0.05, 0.1) is 5.69 Å². The van der Waals surface area contributed by atoms with E-state index < -0.39 is 0 Å². The fourth-order valence-corrected chi connectivity index (χ4v) is 1.66. The molecule has 0 aliphatic rings. The zero-order valence-electron chi connectivity index (χ0n) is 8.10. The highest BCUT2D eigenvalue weighted by molar-refractivity contribution is 6.30. The molecule has 0 aliphatic carbocycles. The van der Waals surface area contributed by atoms with Crippen molar-refractivity contribution in [2.75, 3.05) is 6.54 Å². The maximum absolute atomic E-state index is 5.93. The Bertz CT molecular complexity index is 439. The van der Waals surface area contributed by atoms with E-state index >= 15 is 0 Å². The highest BCUT2D eigenvalue weighted by Gasteiger charge is 2.05. The molecular formula is C10H11ClN4. The van der Waals surface area contributed by atoms with Gasteiger partial charge in [-0.25, -0.2) is 9.67 Å². The molecule has 1 heterocycles. The van der Waals surface area contributed by atoms with Crippen LogP contribution in [0, 0.1) is 0 Å². The third-order valence-electron chi connectivity index (χ3n) is 2.12. The number of halogens is 1. The number of hydrogen-bond acceptors (Lipinski definition) is 3. The maximum Gasteiger partial charge on any atom is 0.138 e. The molecule has 4 nitrogen and oxygen atoms in total. The zero-order chi connectivity index (χ0) is 10.7. The van der Waals surface area contributed by atoms with E-state index in [0.717, 1.165) is 17.7 Å². The Morgan fingerprint density at radius 2 is 2.27 bits per heavy atom. The molecule has 2 N–H and O–H groups in total. The van der Waals surface area contributed by atoms with Crippen molar-refractivity contribution in [2.24, 2.45) is 5.73 Å². The van der Waals surface area contributed by atoms with Crippen LogP contribution in [-0.2, 0) is 6.42 Å². The van der Waals surface area contributed by atoms with Crippen LogP contribution in [0.1, 0.15) is 5.56 Å². The third kappa shape index (κ3) is 2.16. The van der Waals surface area contributed by atoms with Crippen LogP contribution >= 0.6 is 11.6 Å². The van der Waals surface area contributed by atoms with Gasteiger partial charge < -0.3 is 5.73 Å². The van der Waals surface area contributed by atoms with Gasteiger partial charge in [0.1, 0.15) is 12.7 Å². The molecule has 0 radical (unpaired) electrons. The van der Waals surface area contributed by atoms with Crippen molar-refractivity contribution in [2.45, 2.75) is 6.42 Å². The Labute approximate surface area is 92.7 Å². The number of hydrogen-bond donors (Lipinski definition) is 1. The van der Waals surface area contributed by atoms with Crippen molar-refractivity contribution in [3.63, 3.8) is 0 Å². The average molecular weight is 223 g/mol. The van der Waals surface area contributed by atoms with Crippen molar-refractivity contribution in [1.29, 1.82) is 0 Å². The highest BCUT2D eigenvalue weighted by Crippen LogP contribution is 2.19. The van der Waals surface area contributed by atoms with Gasteiger partial charge in [0.2, 0.25) is 0 Å². The van der Waals surface area contributed by atoms with Gasteiger partial charge >= 0.3 is 0 Å². The molecule has 1 aromatic heterocycles. The van der Waals surface area contributed by atoms with E-state index in [1.165, 1.54) is 6.33 Å². The lowest BCUT2D eigenvalue weighted by Crippen LogP contribution is -2.07. The summed E-state index contributed by atoms with van der Waals surface area (Å²) in [7, 11) is 0. The summed E-state index contributed by atoms with van der Waals surface area (Å²) in [5.74, 6) is 0. The van der Waals surface area contributed by atoms with Crippen molar-refractivity contribution < 1.29 is 0 Å². The van der Waals surface area contributed by atoms with Crippen LogP contribution in [0.25, 0.3) is 5.69 Å². The third-order valence-corrected chi connectivity index (χ3v) is 2.36. The lowest BCUT2D eigenvalue weighted by atomic mass is 10.1. The van der Waals surface area contributed by atoms with Crippen LogP contribution in [0.2, 0.25) is 5.02 Å². The minimum Gasteiger partial charge on any atom is -0.330 e. The molecule has 1 aromatic carbocycles. The summed E-state index contributed by atoms with van der Waals surface area (Å²) in [5, 5.41) is 4.79. The topological polar surface area (TPSA) is 56.7 Å². The van der Waals surface area contributed by atoms with Crippen LogP contribution in [0.4, 0.5) is 0 Å². The van der Waals surface area contributed by atoms with Gasteiger partial charge in [0.25, 0.3) is 0 Å². The second kappa shape index (κ2) is 4.42. The first-order valence-corrected chi connectivity index (χ1v) is 5.02. The lowest BCUT2D eigenvalue weighted by molar-refractivity contribution is 0.849. The fraction of sp³-hybridized carbons (Fsp3) is 0.200. The molecular weight excluding hydrogens is 212 g/mol. The fourth-order valence-electron chi connectivity index (χ4n) is 1.47. The van der Waals surface area contributed by atoms with E-state index in [-0.39, 0.29) is 0 Å². The first-order chi connectivity index (χ1) is 7.31. The van der Waals surface area contributed by atoms with Crippen LogP contribution in [0.15, 0.2) is 30.9 Å². The highest BCUT2D eigenvalue weighted by atomic mass is 35.5. The molecule has 5 heteroatoms. The number of rotatable bonds is 3. The molecule has 78 valence electrons. The van der Waals surface area contributed by atoms with E-state index in [1.54, 1.807) is 11.0 Å². The van der Waals surface area contributed by atoms with Crippen LogP contribution in [-0.4, -0.2) is 21.3 Å². The van der Waals surface area contributed by atoms with Crippen LogP contribution < -0.4 is 5.73 Å². The van der Waals surface area contributed by atoms with E-state index in [0.29, 0.717) is 11.6 Å². The van der Waals surface area contributed by atoms with Gasteiger partial charge in [-0.15, -0.1) is 0 Å². The molecule has 0 atom stereocenters. The maximum atomic E-state index is 5.93. The molecule has 0 spiro atoms. The van der Waals surface area contributed by atoms with Gasteiger partial charge in [0, 0.05) is 5.02 Å². The zero-order valence-corrected chi connectivity index (χ0v) is 8.85. The Balaban J connectivity index is 2.46. The largest absolute Gasteiger partial charge is 0.330 e. The summed E-state index contributed by atoms with van der Waals surface area (Å²) >= 11 is 5.93. The van der Waals surface area contributed by atoms with E-state index in [1.807, 2.05) is 18.2 Å². The first kappa shape index (κ1) is 10.1. The first-order valence-electron chi connectivity index (χ1n) is 4.65. The molecule has 0 fully saturated rings. The quantitative estimate of drug-likeness (QED) is 0.855. The molecule has 2 aromatic rings. The number of benzene rings is 1. The predicted molar refractivity (Wildman–Crippen MR) is 59.1 cm³/mol. The van der Waals surface area contributed by atoms with Crippen molar-refractivity contribution in [3.05, 3.63) is 41.4 Å². The molecule has 2 rings (SSSR count). The normalized spacial score (nSPS) is 10.5. The SMILES string of the molecule is NCCc1cc(Cl)ccc1-n1cncn1. The van der Waals surface area contributed by atoms with Gasteiger partial charge in [-0.05, 0) is 36.7 Å². The summed E-state index contributed by atoms with van der Waals surface area (Å²) in [4.78, 5) is 3.91. The summed E-state index contributed by atoms with van der Waals surface area (Å²) in [6, 6.07) is 5.66. The summed E-state index contributed by atoms with van der Waals surface area (Å²) in [6.45, 7) is 0.585. The van der Waals surface area contributed by atoms with Gasteiger partial charge in [-0.1, -0.05) is 11.6 Å². The monoisotopic (exact) mass is 222 g/mol. The molecule has 0 amide bonds. The van der Waals surface area contributed by atoms with E-state index in [4.69, 9.17) is 17.3 Å². The molecule has 0 unspecified atom stereocenters. The summed E-state index contributed by atoms with van der Waals surface area (Å²) in [5.41, 5.74) is 7.60. The second-order valence-electron chi connectivity index (χ2n) is 3.15. The Morgan fingerprint density at radius 3 is 2.93 bits per heavy atom. The van der Waals surface area contributed by atoms with Crippen molar-refractivity contribution in [3.8, 4) is 5.69 Å². The Kier molecular flexibility index (Phi) is 2.99. The average Bonchev–Trinajstić information content (AvgIpc) is 2.71. The molecule has 15 heavy (non-hydrogen) atoms. The summed E-state index contributed by atoms with van der Waals surface area (Å²) < 4.78 is 1.71. The predicted octanol–water partition coefficient (Wildman–Crippen LogP) is 1.42. The van der Waals surface area contributed by atoms with Gasteiger partial charge in [0.15, 0.2) is 0 Å². The van der Waals surface area contributed by atoms with Gasteiger partial charge in [-0.2, -0.15) is 5.10 Å². The van der Waals surface area contributed by atoms with E-state index in [9.17, 15) is 0 Å². The molecule has 0 bridgehead atoms. The minimum absolute atomic E-state index is 0.585. The molecule has 0 saturated carbocycles. The number of nitrogens with two attached hydrogens (primary N) is 1. The minimum atomic E-state index is 0.585. The van der Waals surface area contributed by atoms with E-state index in [2.05, 4.69) is 10.1 Å². The number of aromatic nitrogens is 3. The second-order valence-corrected chi connectivity index (χ2v) is 3.59. The van der Waals surface area contributed by atoms with Crippen molar-refractivity contribution >= 4 is 11.6 Å². The molecule has 0 aliphatic heterocycles. The lowest BCUT2D eigenvalue weighted by Gasteiger charge is -2.08. The van der Waals surface area contributed by atoms with Crippen molar-refractivity contribution in [1.82, 2.24) is 14.8 Å². The smallest absolute Gasteiger partial charge is 0.138 e. The Hall–Kier alpha value is -1.39. The van der Waals surface area contributed by atoms with Crippen LogP contribution in [0.5, 0.6) is 0 Å². The summed E-state index contributed by atoms with van der Waals surface area (Å²) in [6.07, 6.45) is 3.93.